The Morgan fingerprint density at radius 3 is 2.50 bits per heavy atom. The molecule has 0 bridgehead atoms. The lowest BCUT2D eigenvalue weighted by atomic mass is 9.81. The summed E-state index contributed by atoms with van der Waals surface area (Å²) >= 11 is 0. The van der Waals surface area contributed by atoms with E-state index in [0.29, 0.717) is 19.0 Å². The van der Waals surface area contributed by atoms with Gasteiger partial charge in [0, 0.05) is 45.4 Å². The molecule has 1 aliphatic rings. The van der Waals surface area contributed by atoms with E-state index in [4.69, 9.17) is 19.5 Å². The SMILES string of the molecule is COC(CC1CCN(c2ncc(B(O)O)cc2F)CC1)OC. The summed E-state index contributed by atoms with van der Waals surface area (Å²) in [6, 6.07) is 1.12. The molecule has 0 aliphatic carbocycles. The predicted octanol–water partition coefficient (Wildman–Crippen LogP) is 0.126. The Bertz CT molecular complexity index is 480. The van der Waals surface area contributed by atoms with Gasteiger partial charge >= 0.3 is 7.12 Å². The number of anilines is 1. The Balaban J connectivity index is 1.94. The molecular weight excluding hydrogens is 290 g/mol. The first-order valence-electron chi connectivity index (χ1n) is 7.37. The molecule has 0 unspecified atom stereocenters. The molecule has 0 saturated carbocycles. The van der Waals surface area contributed by atoms with E-state index in [2.05, 4.69) is 4.98 Å². The second kappa shape index (κ2) is 7.87. The van der Waals surface area contributed by atoms with E-state index in [1.807, 2.05) is 4.90 Å². The van der Waals surface area contributed by atoms with Crippen LogP contribution in [0.15, 0.2) is 12.3 Å². The van der Waals surface area contributed by atoms with E-state index < -0.39 is 12.9 Å². The van der Waals surface area contributed by atoms with Gasteiger partial charge in [0.05, 0.1) is 0 Å². The molecule has 0 radical (unpaired) electrons. The average Bonchev–Trinajstić information content (AvgIpc) is 2.53. The van der Waals surface area contributed by atoms with Crippen molar-refractivity contribution in [3.8, 4) is 0 Å². The lowest BCUT2D eigenvalue weighted by molar-refractivity contribution is -0.115. The van der Waals surface area contributed by atoms with Crippen LogP contribution in [0.5, 0.6) is 0 Å². The highest BCUT2D eigenvalue weighted by molar-refractivity contribution is 6.58. The van der Waals surface area contributed by atoms with Gasteiger partial charge < -0.3 is 24.4 Å². The van der Waals surface area contributed by atoms with Crippen molar-refractivity contribution in [2.45, 2.75) is 25.6 Å². The molecule has 6 nitrogen and oxygen atoms in total. The van der Waals surface area contributed by atoms with Crippen molar-refractivity contribution in [2.24, 2.45) is 5.92 Å². The highest BCUT2D eigenvalue weighted by Crippen LogP contribution is 2.26. The predicted molar refractivity (Wildman–Crippen MR) is 81.4 cm³/mol. The molecule has 1 fully saturated rings. The fraction of sp³-hybridized carbons (Fsp3) is 0.643. The van der Waals surface area contributed by atoms with Crippen LogP contribution in [-0.4, -0.2) is 55.7 Å². The summed E-state index contributed by atoms with van der Waals surface area (Å²) in [7, 11) is 1.54. The van der Waals surface area contributed by atoms with Gasteiger partial charge in [-0.15, -0.1) is 0 Å². The average molecular weight is 312 g/mol. The van der Waals surface area contributed by atoms with Gasteiger partial charge in [-0.3, -0.25) is 0 Å². The number of aromatic nitrogens is 1. The van der Waals surface area contributed by atoms with Crippen molar-refractivity contribution in [3.05, 3.63) is 18.1 Å². The molecule has 1 aromatic rings. The number of nitrogens with zero attached hydrogens (tertiary/aromatic N) is 2. The van der Waals surface area contributed by atoms with E-state index in [1.54, 1.807) is 14.2 Å². The van der Waals surface area contributed by atoms with Gasteiger partial charge in [0.25, 0.3) is 0 Å². The van der Waals surface area contributed by atoms with Crippen LogP contribution in [0.1, 0.15) is 19.3 Å². The topological polar surface area (TPSA) is 75.1 Å². The smallest absolute Gasteiger partial charge is 0.423 e. The third-order valence-corrected chi connectivity index (χ3v) is 4.11. The molecule has 0 amide bonds. The molecule has 1 aromatic heterocycles. The number of hydrogen-bond donors (Lipinski definition) is 2. The number of piperidine rings is 1. The third kappa shape index (κ3) is 4.16. The molecule has 122 valence electrons. The first-order valence-corrected chi connectivity index (χ1v) is 7.37. The van der Waals surface area contributed by atoms with Crippen LogP contribution in [0, 0.1) is 11.7 Å². The summed E-state index contributed by atoms with van der Waals surface area (Å²) in [4.78, 5) is 5.91. The summed E-state index contributed by atoms with van der Waals surface area (Å²) < 4.78 is 24.5. The van der Waals surface area contributed by atoms with Gasteiger partial charge in [0.15, 0.2) is 17.9 Å². The Labute approximate surface area is 130 Å². The first kappa shape index (κ1) is 17.1. The lowest BCUT2D eigenvalue weighted by Crippen LogP contribution is -2.37. The van der Waals surface area contributed by atoms with E-state index in [-0.39, 0.29) is 17.6 Å². The van der Waals surface area contributed by atoms with Gasteiger partial charge in [0.1, 0.15) is 0 Å². The second-order valence-electron chi connectivity index (χ2n) is 5.51. The monoisotopic (exact) mass is 312 g/mol. The van der Waals surface area contributed by atoms with Crippen LogP contribution in [0.3, 0.4) is 0 Å². The highest BCUT2D eigenvalue weighted by Gasteiger charge is 2.25. The standard InChI is InChI=1S/C14H22BFN2O4/c1-21-13(22-2)7-10-3-5-18(6-4-10)14-12(16)8-11(9-17-14)15(19)20/h8-10,13,19-20H,3-7H2,1-2H3. The lowest BCUT2D eigenvalue weighted by Gasteiger charge is -2.34. The Morgan fingerprint density at radius 2 is 2.00 bits per heavy atom. The van der Waals surface area contributed by atoms with Crippen molar-refractivity contribution < 1.29 is 23.9 Å². The van der Waals surface area contributed by atoms with Crippen molar-refractivity contribution in [2.75, 3.05) is 32.2 Å². The maximum Gasteiger partial charge on any atom is 0.490 e. The van der Waals surface area contributed by atoms with Crippen molar-refractivity contribution in [1.29, 1.82) is 0 Å². The minimum absolute atomic E-state index is 0.0548. The van der Waals surface area contributed by atoms with Crippen molar-refractivity contribution >= 4 is 18.4 Å². The number of methoxy groups -OCH3 is 2. The van der Waals surface area contributed by atoms with Gasteiger partial charge in [-0.05, 0) is 24.8 Å². The van der Waals surface area contributed by atoms with Gasteiger partial charge in [-0.25, -0.2) is 9.37 Å². The minimum atomic E-state index is -1.71. The normalized spacial score (nSPS) is 16.4. The third-order valence-electron chi connectivity index (χ3n) is 4.11. The molecule has 8 heteroatoms. The van der Waals surface area contributed by atoms with Crippen LogP contribution >= 0.6 is 0 Å². The van der Waals surface area contributed by atoms with Crippen LogP contribution in [0.2, 0.25) is 0 Å². The zero-order valence-corrected chi connectivity index (χ0v) is 12.9. The number of pyridine rings is 1. The summed E-state index contributed by atoms with van der Waals surface area (Å²) in [5, 5.41) is 18.1. The molecule has 2 N–H and O–H groups in total. The molecule has 22 heavy (non-hydrogen) atoms. The minimum Gasteiger partial charge on any atom is -0.423 e. The Morgan fingerprint density at radius 1 is 1.36 bits per heavy atom. The van der Waals surface area contributed by atoms with Crippen LogP contribution in [0.4, 0.5) is 10.2 Å². The zero-order valence-electron chi connectivity index (χ0n) is 12.9. The molecular formula is C14H22BFN2O4. The summed E-state index contributed by atoms with van der Waals surface area (Å²) in [5.41, 5.74) is 0.0548. The largest absolute Gasteiger partial charge is 0.490 e. The Kier molecular flexibility index (Phi) is 6.13. The second-order valence-corrected chi connectivity index (χ2v) is 5.51. The van der Waals surface area contributed by atoms with E-state index in [9.17, 15) is 4.39 Å². The number of ether oxygens (including phenoxy) is 2. The van der Waals surface area contributed by atoms with Crippen molar-refractivity contribution in [3.63, 3.8) is 0 Å². The summed E-state index contributed by atoms with van der Waals surface area (Å²) in [5.74, 6) is 0.205. The highest BCUT2D eigenvalue weighted by atomic mass is 19.1. The summed E-state index contributed by atoms with van der Waals surface area (Å²) in [6.07, 6.45) is 3.74. The van der Waals surface area contributed by atoms with Crippen LogP contribution in [-0.2, 0) is 9.47 Å². The van der Waals surface area contributed by atoms with E-state index in [1.165, 1.54) is 6.20 Å². The van der Waals surface area contributed by atoms with Gasteiger partial charge in [-0.1, -0.05) is 0 Å². The quantitative estimate of drug-likeness (QED) is 0.574. The van der Waals surface area contributed by atoms with E-state index >= 15 is 0 Å². The molecule has 0 spiro atoms. The molecule has 0 aromatic carbocycles. The van der Waals surface area contributed by atoms with Crippen molar-refractivity contribution in [1.82, 2.24) is 4.98 Å². The molecule has 2 rings (SSSR count). The molecule has 2 heterocycles. The molecule has 1 aliphatic heterocycles. The maximum absolute atomic E-state index is 14.0. The fourth-order valence-corrected chi connectivity index (χ4v) is 2.76. The number of halogens is 1. The maximum atomic E-state index is 14.0. The Hall–Kier alpha value is -1.22. The van der Waals surface area contributed by atoms with Crippen LogP contribution < -0.4 is 10.4 Å². The fourth-order valence-electron chi connectivity index (χ4n) is 2.76. The molecule has 1 saturated heterocycles. The summed E-state index contributed by atoms with van der Waals surface area (Å²) in [6.45, 7) is 1.41. The molecule has 0 atom stereocenters. The zero-order chi connectivity index (χ0) is 16.1. The van der Waals surface area contributed by atoms with Crippen LogP contribution in [0.25, 0.3) is 0 Å². The number of hydrogen-bond acceptors (Lipinski definition) is 6. The van der Waals surface area contributed by atoms with Gasteiger partial charge in [0.2, 0.25) is 0 Å². The van der Waals surface area contributed by atoms with Gasteiger partial charge in [-0.2, -0.15) is 0 Å². The number of rotatable bonds is 6. The van der Waals surface area contributed by atoms with E-state index in [0.717, 1.165) is 25.3 Å². The first-order chi connectivity index (χ1) is 10.5.